The first kappa shape index (κ1) is 22.5. The summed E-state index contributed by atoms with van der Waals surface area (Å²) in [5, 5.41) is 11.0. The summed E-state index contributed by atoms with van der Waals surface area (Å²) in [6, 6.07) is 10.0. The third-order valence-corrected chi connectivity index (χ3v) is 5.38. The fourth-order valence-corrected chi connectivity index (χ4v) is 3.39. The Morgan fingerprint density at radius 2 is 2.03 bits per heavy atom. The lowest BCUT2D eigenvalue weighted by Crippen LogP contribution is -2.16. The summed E-state index contributed by atoms with van der Waals surface area (Å²) in [4.78, 5) is 16.9. The zero-order valence-electron chi connectivity index (χ0n) is 18.2. The highest BCUT2D eigenvalue weighted by atomic mass is 35.5. The summed E-state index contributed by atoms with van der Waals surface area (Å²) in [5.41, 5.74) is 3.34. The Morgan fingerprint density at radius 3 is 2.82 bits per heavy atom. The number of nitrogens with one attached hydrogen (secondary N) is 1. The monoisotopic (exact) mass is 469 g/mol. The maximum atomic E-state index is 13.2. The number of hydrogen-bond donors (Lipinski definition) is 1. The Kier molecular flexibility index (Phi) is 6.41. The molecular formula is C23H21ClFN5O3. The van der Waals surface area contributed by atoms with Gasteiger partial charge < -0.3 is 9.26 Å². The van der Waals surface area contributed by atoms with E-state index < -0.39 is 11.7 Å². The van der Waals surface area contributed by atoms with Crippen molar-refractivity contribution in [2.24, 2.45) is 0 Å². The summed E-state index contributed by atoms with van der Waals surface area (Å²) >= 11 is 6.06. The number of carbonyl (C=O) groups is 1. The quantitative estimate of drug-likeness (QED) is 0.415. The van der Waals surface area contributed by atoms with Gasteiger partial charge in [-0.05, 0) is 55.7 Å². The van der Waals surface area contributed by atoms with Gasteiger partial charge in [-0.1, -0.05) is 35.0 Å². The molecule has 33 heavy (non-hydrogen) atoms. The Morgan fingerprint density at radius 1 is 1.21 bits per heavy atom. The van der Waals surface area contributed by atoms with Crippen LogP contribution in [-0.4, -0.2) is 25.8 Å². The fraction of sp³-hybridized carbons (Fsp3) is 0.217. The molecule has 1 amide bonds. The van der Waals surface area contributed by atoms with E-state index in [-0.39, 0.29) is 29.8 Å². The third-order valence-electron chi connectivity index (χ3n) is 5.02. The number of nitrogens with zero attached hydrogens (tertiary/aromatic N) is 4. The van der Waals surface area contributed by atoms with Crippen LogP contribution >= 0.6 is 11.6 Å². The predicted octanol–water partition coefficient (Wildman–Crippen LogP) is 4.86. The van der Waals surface area contributed by atoms with Crippen LogP contribution < -0.4 is 10.1 Å². The van der Waals surface area contributed by atoms with Crippen molar-refractivity contribution < 1.29 is 18.4 Å². The number of anilines is 1. The molecule has 0 aliphatic rings. The van der Waals surface area contributed by atoms with Crippen LogP contribution in [0.4, 0.5) is 10.3 Å². The summed E-state index contributed by atoms with van der Waals surface area (Å²) < 4.78 is 25.8. The molecule has 0 spiro atoms. The maximum absolute atomic E-state index is 13.2. The van der Waals surface area contributed by atoms with Crippen LogP contribution in [0.5, 0.6) is 5.75 Å². The summed E-state index contributed by atoms with van der Waals surface area (Å²) in [5.74, 6) is 0.344. The summed E-state index contributed by atoms with van der Waals surface area (Å²) in [7, 11) is 0. The molecule has 10 heteroatoms. The lowest BCUT2D eigenvalue weighted by atomic mass is 10.1. The largest absolute Gasteiger partial charge is 0.488 e. The van der Waals surface area contributed by atoms with Crippen molar-refractivity contribution in [2.45, 2.75) is 33.9 Å². The molecule has 4 rings (SSSR count). The van der Waals surface area contributed by atoms with Crippen LogP contribution in [0.2, 0.25) is 5.02 Å². The zero-order chi connectivity index (χ0) is 23.5. The highest BCUT2D eigenvalue weighted by Gasteiger charge is 2.22. The number of hydrogen-bond acceptors (Lipinski definition) is 6. The number of aryl methyl sites for hydroxylation is 3. The minimum atomic E-state index is -0.524. The first-order valence-corrected chi connectivity index (χ1v) is 10.5. The van der Waals surface area contributed by atoms with E-state index in [1.807, 2.05) is 32.0 Å². The second-order valence-corrected chi connectivity index (χ2v) is 7.99. The van der Waals surface area contributed by atoms with Crippen LogP contribution in [0, 0.1) is 26.6 Å². The van der Waals surface area contributed by atoms with Gasteiger partial charge in [0.1, 0.15) is 30.3 Å². The number of amides is 1. The van der Waals surface area contributed by atoms with E-state index in [0.29, 0.717) is 16.9 Å². The Balaban J connectivity index is 1.44. The molecule has 0 radical (unpaired) electrons. The smallest absolute Gasteiger partial charge is 0.280 e. The van der Waals surface area contributed by atoms with Crippen molar-refractivity contribution in [1.82, 2.24) is 19.9 Å². The summed E-state index contributed by atoms with van der Waals surface area (Å²) in [6.07, 6.45) is 1.44. The van der Waals surface area contributed by atoms with Crippen molar-refractivity contribution in [3.05, 3.63) is 87.3 Å². The van der Waals surface area contributed by atoms with Crippen molar-refractivity contribution in [1.29, 1.82) is 0 Å². The van der Waals surface area contributed by atoms with Gasteiger partial charge in [-0.15, -0.1) is 5.10 Å². The van der Waals surface area contributed by atoms with Crippen molar-refractivity contribution in [2.75, 3.05) is 5.32 Å². The van der Waals surface area contributed by atoms with Gasteiger partial charge in [0.2, 0.25) is 5.95 Å². The topological polar surface area (TPSA) is 95.1 Å². The van der Waals surface area contributed by atoms with E-state index in [2.05, 4.69) is 20.6 Å². The molecule has 0 saturated carbocycles. The van der Waals surface area contributed by atoms with Crippen LogP contribution in [0.25, 0.3) is 0 Å². The molecule has 0 aliphatic carbocycles. The number of aromatic nitrogens is 4. The fourth-order valence-electron chi connectivity index (χ4n) is 3.17. The molecule has 1 N–H and O–H groups in total. The molecule has 2 heterocycles. The van der Waals surface area contributed by atoms with Gasteiger partial charge in [-0.3, -0.25) is 10.1 Å². The van der Waals surface area contributed by atoms with Crippen molar-refractivity contribution >= 4 is 23.5 Å². The minimum Gasteiger partial charge on any atom is -0.488 e. The average molecular weight is 470 g/mol. The zero-order valence-corrected chi connectivity index (χ0v) is 19.0. The van der Waals surface area contributed by atoms with Gasteiger partial charge in [0.05, 0.1) is 12.1 Å². The van der Waals surface area contributed by atoms with Gasteiger partial charge >= 0.3 is 0 Å². The van der Waals surface area contributed by atoms with Gasteiger partial charge in [0.15, 0.2) is 5.69 Å². The van der Waals surface area contributed by atoms with E-state index in [1.165, 1.54) is 23.1 Å². The number of benzene rings is 2. The molecule has 8 nitrogen and oxygen atoms in total. The molecule has 0 fully saturated rings. The Hall–Kier alpha value is -3.72. The van der Waals surface area contributed by atoms with Crippen LogP contribution in [0.1, 0.15) is 38.5 Å². The molecule has 170 valence electrons. The number of ether oxygens (including phenoxy) is 1. The minimum absolute atomic E-state index is 0.0836. The normalized spacial score (nSPS) is 10.9. The molecule has 2 aromatic carbocycles. The molecule has 4 aromatic rings. The van der Waals surface area contributed by atoms with Gasteiger partial charge in [-0.2, -0.15) is 0 Å². The first-order chi connectivity index (χ1) is 15.8. The Bertz CT molecular complexity index is 1320. The lowest BCUT2D eigenvalue weighted by Gasteiger charge is -2.10. The lowest BCUT2D eigenvalue weighted by molar-refractivity contribution is 0.101. The van der Waals surface area contributed by atoms with E-state index in [1.54, 1.807) is 13.0 Å². The van der Waals surface area contributed by atoms with Crippen molar-refractivity contribution in [3.63, 3.8) is 0 Å². The van der Waals surface area contributed by atoms with Gasteiger partial charge in [-0.25, -0.2) is 14.1 Å². The average Bonchev–Trinajstić information content (AvgIpc) is 3.36. The molecule has 0 saturated heterocycles. The second-order valence-electron chi connectivity index (χ2n) is 7.58. The van der Waals surface area contributed by atoms with E-state index in [9.17, 15) is 9.18 Å². The standard InChI is InChI=1S/C23H21ClFN5O3/c1-13-4-5-14(2)20(8-13)32-11-18-15(3)33-29-21(18)22(31)27-23-26-12-30(28-23)10-16-6-7-17(25)9-19(16)24/h4-9,12H,10-11H2,1-3H3,(H,27,28,31). The molecular weight excluding hydrogens is 449 g/mol. The molecule has 0 unspecified atom stereocenters. The number of rotatable bonds is 7. The number of carbonyl (C=O) groups excluding carboxylic acids is 1. The highest BCUT2D eigenvalue weighted by molar-refractivity contribution is 6.31. The van der Waals surface area contributed by atoms with Crippen LogP contribution in [0.15, 0.2) is 47.2 Å². The maximum Gasteiger partial charge on any atom is 0.280 e. The van der Waals surface area contributed by atoms with Gasteiger partial charge in [0.25, 0.3) is 5.91 Å². The Labute approximate surface area is 194 Å². The third kappa shape index (κ3) is 5.20. The molecule has 0 atom stereocenters. The number of halogens is 2. The van der Waals surface area contributed by atoms with E-state index >= 15 is 0 Å². The highest BCUT2D eigenvalue weighted by Crippen LogP contribution is 2.23. The van der Waals surface area contributed by atoms with E-state index in [0.717, 1.165) is 16.9 Å². The van der Waals surface area contributed by atoms with E-state index in [4.69, 9.17) is 20.9 Å². The molecule has 0 bridgehead atoms. The van der Waals surface area contributed by atoms with Gasteiger partial charge in [0, 0.05) is 5.02 Å². The summed E-state index contributed by atoms with van der Waals surface area (Å²) in [6.45, 7) is 6.02. The van der Waals surface area contributed by atoms with Crippen LogP contribution in [0.3, 0.4) is 0 Å². The van der Waals surface area contributed by atoms with Crippen LogP contribution in [-0.2, 0) is 13.2 Å². The second kappa shape index (κ2) is 9.41. The molecule has 0 aliphatic heterocycles. The predicted molar refractivity (Wildman–Crippen MR) is 120 cm³/mol. The first-order valence-electron chi connectivity index (χ1n) is 10.1. The SMILES string of the molecule is Cc1ccc(C)c(OCc2c(C(=O)Nc3ncn(Cc4ccc(F)cc4Cl)n3)noc2C)c1. The molecule has 2 aromatic heterocycles. The van der Waals surface area contributed by atoms with Crippen molar-refractivity contribution in [3.8, 4) is 5.75 Å².